The van der Waals surface area contributed by atoms with Gasteiger partial charge in [-0.1, -0.05) is 72.8 Å². The molecule has 0 saturated carbocycles. The molecule has 0 atom stereocenters. The predicted octanol–water partition coefficient (Wildman–Crippen LogP) is 2.09. The topological polar surface area (TPSA) is 60.2 Å². The minimum atomic E-state index is -3.67. The van der Waals surface area contributed by atoms with Crippen LogP contribution in [0.25, 0.3) is 0 Å². The molecule has 2 N–H and O–H groups in total. The second-order valence-corrected chi connectivity index (χ2v) is 8.83. The second-order valence-electron chi connectivity index (χ2n) is 5.05. The molecule has 0 fully saturated rings. The fourth-order valence-electron chi connectivity index (χ4n) is 2.39. The van der Waals surface area contributed by atoms with Crippen LogP contribution in [0, 0.1) is 0 Å². The van der Waals surface area contributed by atoms with Gasteiger partial charge in [0.2, 0.25) is 10.0 Å². The van der Waals surface area contributed by atoms with Crippen molar-refractivity contribution in [2.24, 2.45) is 5.14 Å². The minimum Gasteiger partial charge on any atom is -0.225 e. The third-order valence-corrected chi connectivity index (χ3v) is 6.83. The van der Waals surface area contributed by atoms with E-state index < -0.39 is 17.9 Å². The molecule has 0 bridgehead atoms. The van der Waals surface area contributed by atoms with Crippen molar-refractivity contribution in [3.63, 3.8) is 0 Å². The van der Waals surface area contributed by atoms with Gasteiger partial charge in [-0.25, -0.2) is 13.6 Å². The van der Waals surface area contributed by atoms with Crippen molar-refractivity contribution in [2.75, 3.05) is 0 Å². The number of sulfonamides is 1. The van der Waals surface area contributed by atoms with Crippen molar-refractivity contribution in [2.45, 2.75) is 4.90 Å². The van der Waals surface area contributed by atoms with Gasteiger partial charge in [-0.05, 0) is 36.0 Å². The Morgan fingerprint density at radius 1 is 0.609 bits per heavy atom. The molecular weight excluding hydrogens is 325 g/mol. The molecule has 3 nitrogen and oxygen atoms in total. The van der Waals surface area contributed by atoms with Crippen molar-refractivity contribution in [1.82, 2.24) is 0 Å². The Morgan fingerprint density at radius 2 is 1.00 bits per heavy atom. The molecule has 5 heteroatoms. The summed E-state index contributed by atoms with van der Waals surface area (Å²) in [5.74, 6) is 0. The number of primary sulfonamides is 1. The van der Waals surface area contributed by atoms with Crippen LogP contribution in [0.5, 0.6) is 0 Å². The lowest BCUT2D eigenvalue weighted by Gasteiger charge is -2.19. The normalized spacial score (nSPS) is 11.6. The molecule has 116 valence electrons. The van der Waals surface area contributed by atoms with E-state index in [9.17, 15) is 8.42 Å². The fraction of sp³-hybridized carbons (Fsp3) is 0. The molecule has 0 aliphatic rings. The molecule has 3 rings (SSSR count). The molecule has 0 aliphatic carbocycles. The van der Waals surface area contributed by atoms with E-state index in [-0.39, 0.29) is 4.90 Å². The zero-order valence-corrected chi connectivity index (χ0v) is 14.0. The average molecular weight is 341 g/mol. The highest BCUT2D eigenvalue weighted by molar-refractivity contribution is 7.89. The first kappa shape index (κ1) is 15.9. The van der Waals surface area contributed by atoms with Gasteiger partial charge in [0.05, 0.1) is 4.90 Å². The molecule has 0 radical (unpaired) electrons. The maximum absolute atomic E-state index is 11.4. The lowest BCUT2D eigenvalue weighted by molar-refractivity contribution is 0.598. The Morgan fingerprint density at radius 3 is 1.39 bits per heavy atom. The van der Waals surface area contributed by atoms with Crippen LogP contribution in [-0.4, -0.2) is 8.42 Å². The molecule has 0 spiro atoms. The summed E-state index contributed by atoms with van der Waals surface area (Å²) < 4.78 is 22.9. The molecule has 0 aromatic heterocycles. The van der Waals surface area contributed by atoms with Gasteiger partial charge in [-0.2, -0.15) is 0 Å². The second kappa shape index (κ2) is 6.63. The molecule has 0 heterocycles. The molecule has 3 aromatic rings. The molecule has 0 saturated heterocycles. The first-order valence-corrected chi connectivity index (χ1v) is 9.97. The van der Waals surface area contributed by atoms with Gasteiger partial charge in [0.25, 0.3) is 0 Å². The number of rotatable bonds is 4. The number of hydrogen-bond acceptors (Lipinski definition) is 2. The predicted molar refractivity (Wildman–Crippen MR) is 96.5 cm³/mol. The standard InChI is InChI=1S/C18H16NO2PS/c19-23(20,21)18-13-11-17(12-14-18)22(15-7-3-1-4-8-15)16-9-5-2-6-10-16/h1-14H,(H2,19,20,21). The fourth-order valence-corrected chi connectivity index (χ4v) is 5.18. The summed E-state index contributed by atoms with van der Waals surface area (Å²) in [5, 5.41) is 8.71. The third kappa shape index (κ3) is 3.67. The van der Waals surface area contributed by atoms with E-state index in [4.69, 9.17) is 5.14 Å². The van der Waals surface area contributed by atoms with Crippen LogP contribution in [-0.2, 0) is 10.0 Å². The van der Waals surface area contributed by atoms with E-state index in [2.05, 4.69) is 24.3 Å². The van der Waals surface area contributed by atoms with Crippen molar-refractivity contribution in [1.29, 1.82) is 0 Å². The Labute approximate surface area is 137 Å². The summed E-state index contributed by atoms with van der Waals surface area (Å²) in [6, 6.07) is 27.3. The van der Waals surface area contributed by atoms with Crippen molar-refractivity contribution in [3.8, 4) is 0 Å². The van der Waals surface area contributed by atoms with Crippen LogP contribution in [0.2, 0.25) is 0 Å². The van der Waals surface area contributed by atoms with Gasteiger partial charge < -0.3 is 0 Å². The minimum absolute atomic E-state index is 0.136. The first-order chi connectivity index (χ1) is 11.1. The summed E-state index contributed by atoms with van der Waals surface area (Å²) in [6.45, 7) is 0. The first-order valence-electron chi connectivity index (χ1n) is 7.09. The van der Waals surface area contributed by atoms with Crippen molar-refractivity contribution < 1.29 is 8.42 Å². The van der Waals surface area contributed by atoms with Crippen LogP contribution >= 0.6 is 7.92 Å². The highest BCUT2D eigenvalue weighted by Crippen LogP contribution is 2.32. The largest absolute Gasteiger partial charge is 0.238 e. The lowest BCUT2D eigenvalue weighted by Crippen LogP contribution is -2.21. The van der Waals surface area contributed by atoms with Gasteiger partial charge in [-0.3, -0.25) is 0 Å². The molecule has 0 amide bonds. The summed E-state index contributed by atoms with van der Waals surface area (Å²) in [7, 11) is -4.40. The number of benzene rings is 3. The highest BCUT2D eigenvalue weighted by Gasteiger charge is 2.17. The Balaban J connectivity index is 2.09. The van der Waals surface area contributed by atoms with Crippen LogP contribution in [0.1, 0.15) is 0 Å². The average Bonchev–Trinajstić information content (AvgIpc) is 2.57. The van der Waals surface area contributed by atoms with E-state index in [1.54, 1.807) is 12.1 Å². The highest BCUT2D eigenvalue weighted by atomic mass is 32.2. The molecule has 3 aromatic carbocycles. The SMILES string of the molecule is NS(=O)(=O)c1ccc(P(c2ccccc2)c2ccccc2)cc1. The third-order valence-electron chi connectivity index (χ3n) is 3.45. The van der Waals surface area contributed by atoms with E-state index in [0.29, 0.717) is 0 Å². The van der Waals surface area contributed by atoms with Crippen molar-refractivity contribution in [3.05, 3.63) is 84.9 Å². The Bertz CT molecular complexity index is 840. The van der Waals surface area contributed by atoms with E-state index in [1.807, 2.05) is 48.5 Å². The summed E-state index contributed by atoms with van der Waals surface area (Å²) in [5.41, 5.74) is 0. The monoisotopic (exact) mass is 341 g/mol. The Hall–Kier alpha value is -2.00. The zero-order valence-electron chi connectivity index (χ0n) is 12.3. The van der Waals surface area contributed by atoms with Gasteiger partial charge in [0.1, 0.15) is 0 Å². The number of hydrogen-bond donors (Lipinski definition) is 1. The maximum atomic E-state index is 11.4. The van der Waals surface area contributed by atoms with Gasteiger partial charge in [0, 0.05) is 0 Å². The Kier molecular flexibility index (Phi) is 4.58. The number of nitrogens with two attached hydrogens (primary N) is 1. The zero-order chi connectivity index (χ0) is 16.3. The molecule has 23 heavy (non-hydrogen) atoms. The van der Waals surface area contributed by atoms with Crippen LogP contribution < -0.4 is 21.1 Å². The molecular formula is C18H16NO2PS. The molecule has 0 unspecified atom stereocenters. The summed E-state index contributed by atoms with van der Waals surface area (Å²) in [4.78, 5) is 0.136. The smallest absolute Gasteiger partial charge is 0.225 e. The van der Waals surface area contributed by atoms with Crippen molar-refractivity contribution >= 4 is 33.9 Å². The van der Waals surface area contributed by atoms with Crippen LogP contribution in [0.3, 0.4) is 0 Å². The molecule has 0 aliphatic heterocycles. The van der Waals surface area contributed by atoms with Crippen LogP contribution in [0.15, 0.2) is 89.8 Å². The summed E-state index contributed by atoms with van der Waals surface area (Å²) in [6.07, 6.45) is 0. The van der Waals surface area contributed by atoms with E-state index in [0.717, 1.165) is 5.30 Å². The quantitative estimate of drug-likeness (QED) is 0.739. The van der Waals surface area contributed by atoms with E-state index in [1.165, 1.54) is 10.6 Å². The van der Waals surface area contributed by atoms with Gasteiger partial charge >= 0.3 is 0 Å². The van der Waals surface area contributed by atoms with Crippen LogP contribution in [0.4, 0.5) is 0 Å². The van der Waals surface area contributed by atoms with Gasteiger partial charge in [-0.15, -0.1) is 0 Å². The maximum Gasteiger partial charge on any atom is 0.238 e. The summed E-state index contributed by atoms with van der Waals surface area (Å²) >= 11 is 0. The van der Waals surface area contributed by atoms with E-state index >= 15 is 0 Å². The lowest BCUT2D eigenvalue weighted by atomic mass is 10.3. The van der Waals surface area contributed by atoms with Gasteiger partial charge in [0.15, 0.2) is 0 Å².